The van der Waals surface area contributed by atoms with Crippen LogP contribution in [0.1, 0.15) is 23.6 Å². The Morgan fingerprint density at radius 3 is 3.11 bits per heavy atom. The fraction of sp³-hybridized carbons (Fsp3) is 0.250. The number of ether oxygens (including phenoxy) is 1. The summed E-state index contributed by atoms with van der Waals surface area (Å²) in [5, 5.41) is 13.6. The second-order valence-electron chi connectivity index (χ2n) is 4.31. The number of carboxylic acid groups (broad SMARTS) is 1. The normalized spacial score (nSPS) is 17.1. The van der Waals surface area contributed by atoms with Crippen LogP contribution in [0.2, 0.25) is 5.02 Å². The minimum Gasteiger partial charge on any atom is -0.491 e. The zero-order valence-electron chi connectivity index (χ0n) is 10.00. The smallest absolute Gasteiger partial charge is 0.375 e. The average Bonchev–Trinajstić information content (AvgIpc) is 2.76. The molecule has 0 amide bonds. The Morgan fingerprint density at radius 2 is 2.37 bits per heavy atom. The highest BCUT2D eigenvalue weighted by atomic mass is 35.5. The van der Waals surface area contributed by atoms with Crippen molar-refractivity contribution in [2.45, 2.75) is 13.0 Å². The van der Waals surface area contributed by atoms with Crippen molar-refractivity contribution in [2.24, 2.45) is 0 Å². The molecule has 19 heavy (non-hydrogen) atoms. The van der Waals surface area contributed by atoms with Crippen LogP contribution in [0.4, 0.5) is 0 Å². The van der Waals surface area contributed by atoms with E-state index in [1.807, 2.05) is 6.92 Å². The number of carboxylic acids is 1. The molecule has 6 nitrogen and oxygen atoms in total. The van der Waals surface area contributed by atoms with Crippen molar-refractivity contribution in [2.75, 3.05) is 6.61 Å². The summed E-state index contributed by atoms with van der Waals surface area (Å²) in [6.45, 7) is 2.26. The molecule has 0 bridgehead atoms. The minimum absolute atomic E-state index is 0.109. The molecular weight excluding hydrogens is 270 g/mol. The van der Waals surface area contributed by atoms with Crippen molar-refractivity contribution < 1.29 is 14.6 Å². The Bertz CT molecular complexity index is 668. The molecule has 0 saturated heterocycles. The third-order valence-electron chi connectivity index (χ3n) is 2.90. The number of fused-ring (bicyclic) bond motifs is 3. The summed E-state index contributed by atoms with van der Waals surface area (Å²) >= 11 is 5.93. The van der Waals surface area contributed by atoms with Gasteiger partial charge >= 0.3 is 5.97 Å². The number of aromatic carboxylic acids is 1. The van der Waals surface area contributed by atoms with Gasteiger partial charge in [-0.25, -0.2) is 14.5 Å². The first-order chi connectivity index (χ1) is 9.06. The standard InChI is InChI=1S/C12H10ClN3O3/c1-6-5-19-9-4-7(13)2-3-8(9)11-14-10(12(17)18)15-16(6)11/h2-4,6H,5H2,1H3,(H,17,18). The Kier molecular flexibility index (Phi) is 2.67. The van der Waals surface area contributed by atoms with Crippen LogP contribution < -0.4 is 4.74 Å². The van der Waals surface area contributed by atoms with Crippen molar-refractivity contribution in [3.05, 3.63) is 29.0 Å². The van der Waals surface area contributed by atoms with E-state index in [4.69, 9.17) is 21.4 Å². The van der Waals surface area contributed by atoms with Crippen LogP contribution in [0.5, 0.6) is 5.75 Å². The molecule has 1 unspecified atom stereocenters. The van der Waals surface area contributed by atoms with Gasteiger partial charge in [0.15, 0.2) is 5.82 Å². The number of carbonyl (C=O) groups is 1. The van der Waals surface area contributed by atoms with Crippen LogP contribution >= 0.6 is 11.6 Å². The fourth-order valence-corrected chi connectivity index (χ4v) is 2.15. The molecule has 1 N–H and O–H groups in total. The van der Waals surface area contributed by atoms with E-state index in [1.54, 1.807) is 22.9 Å². The van der Waals surface area contributed by atoms with Crippen LogP contribution in [0.3, 0.4) is 0 Å². The van der Waals surface area contributed by atoms with Crippen molar-refractivity contribution in [1.82, 2.24) is 14.8 Å². The number of rotatable bonds is 1. The topological polar surface area (TPSA) is 77.2 Å². The van der Waals surface area contributed by atoms with Gasteiger partial charge in [0.05, 0.1) is 11.6 Å². The first-order valence-electron chi connectivity index (χ1n) is 5.69. The summed E-state index contributed by atoms with van der Waals surface area (Å²) in [4.78, 5) is 15.0. The zero-order valence-corrected chi connectivity index (χ0v) is 10.8. The lowest BCUT2D eigenvalue weighted by Gasteiger charge is -2.09. The van der Waals surface area contributed by atoms with E-state index in [0.717, 1.165) is 0 Å². The van der Waals surface area contributed by atoms with Crippen molar-refractivity contribution in [3.8, 4) is 17.1 Å². The number of hydrogen-bond donors (Lipinski definition) is 1. The molecule has 7 heteroatoms. The highest BCUT2D eigenvalue weighted by molar-refractivity contribution is 6.30. The second-order valence-corrected chi connectivity index (χ2v) is 4.75. The Labute approximate surface area is 113 Å². The molecular formula is C12H10ClN3O3. The van der Waals surface area contributed by atoms with E-state index in [-0.39, 0.29) is 11.9 Å². The number of aromatic nitrogens is 3. The minimum atomic E-state index is -1.15. The van der Waals surface area contributed by atoms with Crippen molar-refractivity contribution in [3.63, 3.8) is 0 Å². The molecule has 0 radical (unpaired) electrons. The van der Waals surface area contributed by atoms with Gasteiger partial charge < -0.3 is 9.84 Å². The molecule has 1 aliphatic rings. The number of benzene rings is 1. The largest absolute Gasteiger partial charge is 0.491 e. The lowest BCUT2D eigenvalue weighted by atomic mass is 10.2. The maximum atomic E-state index is 11.0. The average molecular weight is 280 g/mol. The number of hydrogen-bond acceptors (Lipinski definition) is 4. The lowest BCUT2D eigenvalue weighted by molar-refractivity contribution is 0.0682. The van der Waals surface area contributed by atoms with Crippen molar-refractivity contribution in [1.29, 1.82) is 0 Å². The highest BCUT2D eigenvalue weighted by Gasteiger charge is 2.25. The molecule has 0 aliphatic carbocycles. The molecule has 2 heterocycles. The van der Waals surface area contributed by atoms with Gasteiger partial charge in [0, 0.05) is 5.02 Å². The van der Waals surface area contributed by atoms with Crippen LogP contribution in [-0.2, 0) is 0 Å². The fourth-order valence-electron chi connectivity index (χ4n) is 1.99. The van der Waals surface area contributed by atoms with Gasteiger partial charge in [-0.1, -0.05) is 11.6 Å². The maximum absolute atomic E-state index is 11.0. The number of nitrogens with zero attached hydrogens (tertiary/aromatic N) is 3. The summed E-state index contributed by atoms with van der Waals surface area (Å²) in [5.41, 5.74) is 0.689. The van der Waals surface area contributed by atoms with Crippen LogP contribution in [-0.4, -0.2) is 32.4 Å². The Morgan fingerprint density at radius 1 is 1.58 bits per heavy atom. The third-order valence-corrected chi connectivity index (χ3v) is 3.14. The highest BCUT2D eigenvalue weighted by Crippen LogP contribution is 2.35. The molecule has 2 aromatic rings. The molecule has 1 aromatic heterocycles. The summed E-state index contributed by atoms with van der Waals surface area (Å²) in [5.74, 6) is -0.301. The molecule has 0 spiro atoms. The first kappa shape index (κ1) is 12.0. The van der Waals surface area contributed by atoms with Crippen LogP contribution in [0, 0.1) is 0 Å². The molecule has 1 aromatic carbocycles. The van der Waals surface area contributed by atoms with Gasteiger partial charge in [0.1, 0.15) is 12.4 Å². The van der Waals surface area contributed by atoms with Gasteiger partial charge in [-0.2, -0.15) is 0 Å². The molecule has 0 fully saturated rings. The van der Waals surface area contributed by atoms with E-state index in [1.165, 1.54) is 0 Å². The van der Waals surface area contributed by atoms with Gasteiger partial charge in [-0.05, 0) is 25.1 Å². The summed E-state index contributed by atoms with van der Waals surface area (Å²) in [6, 6.07) is 5.04. The number of halogens is 1. The molecule has 98 valence electrons. The Balaban J connectivity index is 2.23. The molecule has 0 saturated carbocycles. The van der Waals surface area contributed by atoms with E-state index in [0.29, 0.717) is 28.8 Å². The summed E-state index contributed by atoms with van der Waals surface area (Å²) < 4.78 is 7.22. The first-order valence-corrected chi connectivity index (χ1v) is 6.06. The van der Waals surface area contributed by atoms with Gasteiger partial charge in [-0.15, -0.1) is 5.10 Å². The summed E-state index contributed by atoms with van der Waals surface area (Å²) in [6.07, 6.45) is 0. The predicted molar refractivity (Wildman–Crippen MR) is 67.6 cm³/mol. The Hall–Kier alpha value is -2.08. The molecule has 1 atom stereocenters. The summed E-state index contributed by atoms with van der Waals surface area (Å²) in [7, 11) is 0. The quantitative estimate of drug-likeness (QED) is 0.866. The maximum Gasteiger partial charge on any atom is 0.375 e. The lowest BCUT2D eigenvalue weighted by Crippen LogP contribution is -2.14. The van der Waals surface area contributed by atoms with E-state index >= 15 is 0 Å². The van der Waals surface area contributed by atoms with Crippen LogP contribution in [0.25, 0.3) is 11.4 Å². The van der Waals surface area contributed by atoms with E-state index < -0.39 is 5.97 Å². The van der Waals surface area contributed by atoms with E-state index in [2.05, 4.69) is 10.1 Å². The van der Waals surface area contributed by atoms with Crippen LogP contribution in [0.15, 0.2) is 18.2 Å². The predicted octanol–water partition coefficient (Wildman–Crippen LogP) is 2.25. The van der Waals surface area contributed by atoms with E-state index in [9.17, 15) is 4.79 Å². The van der Waals surface area contributed by atoms with Crippen molar-refractivity contribution >= 4 is 17.6 Å². The molecule has 3 rings (SSSR count). The third kappa shape index (κ3) is 1.94. The molecule has 1 aliphatic heterocycles. The SMILES string of the molecule is CC1COc2cc(Cl)ccc2-c2nc(C(=O)O)nn21. The zero-order chi connectivity index (χ0) is 13.6. The second kappa shape index (κ2) is 4.24. The van der Waals surface area contributed by atoms with Gasteiger partial charge in [-0.3, -0.25) is 0 Å². The van der Waals surface area contributed by atoms with Gasteiger partial charge in [0.2, 0.25) is 0 Å². The van der Waals surface area contributed by atoms with Gasteiger partial charge in [0.25, 0.3) is 5.82 Å². The monoisotopic (exact) mass is 279 g/mol.